The number of carbonyl (C=O) groups is 2. The molecule has 5 aliphatic rings. The Labute approximate surface area is 281 Å². The lowest BCUT2D eigenvalue weighted by Crippen LogP contribution is -2.43. The van der Waals surface area contributed by atoms with Crippen LogP contribution in [0.1, 0.15) is 100 Å². The van der Waals surface area contributed by atoms with E-state index in [1.807, 2.05) is 24.1 Å². The molecule has 48 heavy (non-hydrogen) atoms. The molecule has 10 heteroatoms. The van der Waals surface area contributed by atoms with E-state index in [9.17, 15) is 9.59 Å². The van der Waals surface area contributed by atoms with Crippen LogP contribution in [-0.4, -0.2) is 72.5 Å². The first-order valence-corrected chi connectivity index (χ1v) is 18.1. The van der Waals surface area contributed by atoms with Crippen LogP contribution in [0.2, 0.25) is 0 Å². The number of rotatable bonds is 3. The van der Waals surface area contributed by atoms with Crippen molar-refractivity contribution in [3.63, 3.8) is 0 Å². The van der Waals surface area contributed by atoms with E-state index in [1.54, 1.807) is 7.11 Å². The number of amides is 2. The Hall–Kier alpha value is -3.92. The van der Waals surface area contributed by atoms with Crippen LogP contribution in [0.5, 0.6) is 5.75 Å². The Balaban J connectivity index is 1.16. The molecule has 2 N–H and O–H groups in total. The van der Waals surface area contributed by atoms with Gasteiger partial charge in [-0.05, 0) is 94.0 Å². The van der Waals surface area contributed by atoms with Gasteiger partial charge in [0, 0.05) is 55.6 Å². The Bertz CT molecular complexity index is 1970. The molecular formula is C38H47N7O3. The quantitative estimate of drug-likeness (QED) is 0.297. The molecule has 4 aromatic rings. The van der Waals surface area contributed by atoms with Gasteiger partial charge in [-0.15, -0.1) is 0 Å². The number of pyridine rings is 1. The maximum Gasteiger partial charge on any atom is 0.254 e. The van der Waals surface area contributed by atoms with Gasteiger partial charge in [0.05, 0.1) is 29.6 Å². The van der Waals surface area contributed by atoms with Crippen LogP contribution in [0.15, 0.2) is 30.3 Å². The monoisotopic (exact) mass is 649 g/mol. The van der Waals surface area contributed by atoms with E-state index < -0.39 is 5.54 Å². The fourth-order valence-electron chi connectivity index (χ4n) is 9.86. The summed E-state index contributed by atoms with van der Waals surface area (Å²) in [7, 11) is 3.69. The first-order valence-electron chi connectivity index (χ1n) is 18.1. The van der Waals surface area contributed by atoms with Crippen molar-refractivity contribution < 1.29 is 14.3 Å². The molecule has 7 heterocycles. The predicted octanol–water partition coefficient (Wildman–Crippen LogP) is 5.88. The van der Waals surface area contributed by atoms with E-state index in [0.29, 0.717) is 17.7 Å². The first kappa shape index (κ1) is 30.2. The summed E-state index contributed by atoms with van der Waals surface area (Å²) in [5.41, 5.74) is 11.4. The molecule has 3 saturated heterocycles. The van der Waals surface area contributed by atoms with Crippen molar-refractivity contribution in [3.05, 3.63) is 41.6 Å². The van der Waals surface area contributed by atoms with Crippen molar-refractivity contribution in [1.29, 1.82) is 0 Å². The van der Waals surface area contributed by atoms with E-state index in [-0.39, 0.29) is 35.4 Å². The second kappa shape index (κ2) is 10.8. The number of methoxy groups -OCH3 is 1. The lowest BCUT2D eigenvalue weighted by atomic mass is 9.88. The summed E-state index contributed by atoms with van der Waals surface area (Å²) in [5.74, 6) is 1.75. The second-order valence-electron chi connectivity index (χ2n) is 15.7. The summed E-state index contributed by atoms with van der Waals surface area (Å²) in [5, 5.41) is 1.07. The van der Waals surface area contributed by atoms with Crippen LogP contribution in [0.25, 0.3) is 33.6 Å². The summed E-state index contributed by atoms with van der Waals surface area (Å²) < 4.78 is 10.3. The van der Waals surface area contributed by atoms with Crippen LogP contribution in [-0.2, 0) is 23.9 Å². The number of imidazole rings is 1. The zero-order valence-electron chi connectivity index (χ0n) is 28.5. The van der Waals surface area contributed by atoms with Gasteiger partial charge in [0.25, 0.3) is 5.91 Å². The number of benzene rings is 1. The van der Waals surface area contributed by atoms with Gasteiger partial charge in [0.15, 0.2) is 5.82 Å². The van der Waals surface area contributed by atoms with Crippen molar-refractivity contribution in [1.82, 2.24) is 28.9 Å². The molecule has 0 radical (unpaired) electrons. The minimum Gasteiger partial charge on any atom is -0.494 e. The normalized spacial score (nSPS) is 28.2. The Morgan fingerprint density at radius 3 is 2.60 bits per heavy atom. The standard InChI is InChI=1S/C38H47N7O3/c1-37-21-38(14-15-38)22-44(37)32(46)9-7-5-4-6-8-16-43-29(18-23-10-13-31(37)41-34(23)43)35-40-27-17-24(19-30(48-3)33(27)42(35)2)36(47)45-25-11-12-28(45)26(39)20-25/h10,13,17-19,25-26,28H,4-9,11-12,14-16,20-22,39H2,1-3H3/t25-,26+,28+,37-/m0/s1. The average Bonchev–Trinajstić information content (AvgIpc) is 3.43. The molecule has 1 saturated carbocycles. The molecular weight excluding hydrogens is 602 g/mol. The minimum absolute atomic E-state index is 0.0164. The lowest BCUT2D eigenvalue weighted by Gasteiger charge is -2.35. The van der Waals surface area contributed by atoms with E-state index in [2.05, 4.69) is 39.2 Å². The van der Waals surface area contributed by atoms with Gasteiger partial charge in [-0.1, -0.05) is 19.3 Å². The van der Waals surface area contributed by atoms with E-state index in [4.69, 9.17) is 20.4 Å². The number of nitrogens with zero attached hydrogens (tertiary/aromatic N) is 6. The molecule has 3 aromatic heterocycles. The van der Waals surface area contributed by atoms with E-state index in [0.717, 1.165) is 110 Å². The SMILES string of the molecule is COc1cc(C(=O)N2[C@H]3CC[C@@H]2[C@H](N)C3)cc2nc(-c3cc4ccc5nc4n3CCCCCCCC(=O)N3CC4(CC4)C[C@@]53C)n(C)c12. The third-order valence-electron chi connectivity index (χ3n) is 12.6. The smallest absolute Gasteiger partial charge is 0.254 e. The summed E-state index contributed by atoms with van der Waals surface area (Å²) in [6.07, 6.45) is 12.1. The summed E-state index contributed by atoms with van der Waals surface area (Å²) in [6.45, 7) is 3.93. The predicted molar refractivity (Wildman–Crippen MR) is 185 cm³/mol. The number of aryl methyl sites for hydroxylation is 2. The molecule has 9 rings (SSSR count). The number of nitrogens with two attached hydrogens (primary N) is 1. The highest BCUT2D eigenvalue weighted by atomic mass is 16.5. The largest absolute Gasteiger partial charge is 0.494 e. The van der Waals surface area contributed by atoms with Crippen molar-refractivity contribution in [2.24, 2.45) is 18.2 Å². The van der Waals surface area contributed by atoms with Crippen LogP contribution >= 0.6 is 0 Å². The van der Waals surface area contributed by atoms with Gasteiger partial charge in [-0.3, -0.25) is 9.59 Å². The highest BCUT2D eigenvalue weighted by molar-refractivity contribution is 6.00. The van der Waals surface area contributed by atoms with Gasteiger partial charge in [-0.2, -0.15) is 0 Å². The third kappa shape index (κ3) is 4.47. The van der Waals surface area contributed by atoms with Crippen LogP contribution < -0.4 is 10.5 Å². The Morgan fingerprint density at radius 1 is 1.04 bits per heavy atom. The van der Waals surface area contributed by atoms with Crippen molar-refractivity contribution in [2.45, 2.75) is 114 Å². The van der Waals surface area contributed by atoms with Gasteiger partial charge < -0.3 is 29.4 Å². The lowest BCUT2D eigenvalue weighted by molar-refractivity contribution is -0.135. The maximum absolute atomic E-state index is 13.9. The molecule has 1 aromatic carbocycles. The molecule has 10 nitrogen and oxygen atoms in total. The molecule has 0 unspecified atom stereocenters. The van der Waals surface area contributed by atoms with Crippen molar-refractivity contribution >= 4 is 33.9 Å². The summed E-state index contributed by atoms with van der Waals surface area (Å²) in [6, 6.07) is 10.7. The number of aromatic nitrogens is 4. The molecule has 1 aliphatic carbocycles. The van der Waals surface area contributed by atoms with Crippen molar-refractivity contribution in [3.8, 4) is 17.3 Å². The summed E-state index contributed by atoms with van der Waals surface area (Å²) >= 11 is 0. The second-order valence-corrected chi connectivity index (χ2v) is 15.7. The molecule has 4 fully saturated rings. The number of carbonyl (C=O) groups excluding carboxylic acids is 2. The molecule has 4 aliphatic heterocycles. The van der Waals surface area contributed by atoms with Gasteiger partial charge in [-0.25, -0.2) is 9.97 Å². The molecule has 252 valence electrons. The van der Waals surface area contributed by atoms with Crippen LogP contribution in [0.3, 0.4) is 0 Å². The molecule has 2 amide bonds. The fourth-order valence-corrected chi connectivity index (χ4v) is 9.86. The highest BCUT2D eigenvalue weighted by Gasteiger charge is 2.59. The average molecular weight is 650 g/mol. The highest BCUT2D eigenvalue weighted by Crippen LogP contribution is 2.60. The molecule has 4 atom stereocenters. The topological polar surface area (TPSA) is 112 Å². The first-order chi connectivity index (χ1) is 23.2. The van der Waals surface area contributed by atoms with E-state index >= 15 is 0 Å². The zero-order valence-corrected chi connectivity index (χ0v) is 28.5. The zero-order chi connectivity index (χ0) is 32.9. The Kier molecular flexibility index (Phi) is 6.78. The number of fused-ring (bicyclic) bond motifs is 6. The summed E-state index contributed by atoms with van der Waals surface area (Å²) in [4.78, 5) is 42.3. The van der Waals surface area contributed by atoms with Crippen LogP contribution in [0, 0.1) is 5.41 Å². The third-order valence-corrected chi connectivity index (χ3v) is 12.6. The molecule has 4 bridgehead atoms. The number of hydrogen-bond acceptors (Lipinski definition) is 6. The van der Waals surface area contributed by atoms with Gasteiger partial charge in [0.1, 0.15) is 16.9 Å². The number of ether oxygens (including phenoxy) is 1. The van der Waals surface area contributed by atoms with Crippen LogP contribution in [0.4, 0.5) is 0 Å². The minimum atomic E-state index is -0.409. The molecule has 1 spiro atoms. The van der Waals surface area contributed by atoms with Gasteiger partial charge in [0.2, 0.25) is 5.91 Å². The fraction of sp³-hybridized carbons (Fsp3) is 0.579. The maximum atomic E-state index is 13.9. The Morgan fingerprint density at radius 2 is 1.85 bits per heavy atom. The number of hydrogen-bond donors (Lipinski definition) is 1. The van der Waals surface area contributed by atoms with Gasteiger partial charge >= 0.3 is 0 Å². The van der Waals surface area contributed by atoms with Crippen molar-refractivity contribution in [2.75, 3.05) is 13.7 Å². The van der Waals surface area contributed by atoms with E-state index in [1.165, 1.54) is 12.8 Å².